The number of aryl methyl sites for hydroxylation is 1. The average Bonchev–Trinajstić information content (AvgIpc) is 3.32. The van der Waals surface area contributed by atoms with Crippen LogP contribution in [-0.2, 0) is 11.8 Å². The highest BCUT2D eigenvalue weighted by Gasteiger charge is 2.34. The van der Waals surface area contributed by atoms with Gasteiger partial charge in [0.1, 0.15) is 0 Å². The first-order chi connectivity index (χ1) is 13.0. The standard InChI is InChI=1S/C20H27N5O2/c1-4-25(5-2)20(27)14-6-8-16(9-7-14)23-19(26)18-12-21-11-17(18)15-10-22-24(3)13-15/h6-10,13,17-18,21H,4-5,11-12H2,1-3H3,(H,23,26)/t17-,18+/m1/s1. The van der Waals surface area contributed by atoms with E-state index in [4.69, 9.17) is 0 Å². The summed E-state index contributed by atoms with van der Waals surface area (Å²) in [5, 5.41) is 10.5. The largest absolute Gasteiger partial charge is 0.339 e. The highest BCUT2D eigenvalue weighted by molar-refractivity contribution is 5.96. The van der Waals surface area contributed by atoms with Crippen molar-refractivity contribution < 1.29 is 9.59 Å². The number of carbonyl (C=O) groups is 2. The third-order valence-corrected chi connectivity index (χ3v) is 5.15. The molecular formula is C20H27N5O2. The Balaban J connectivity index is 1.66. The third kappa shape index (κ3) is 4.19. The van der Waals surface area contributed by atoms with Crippen LogP contribution in [0.3, 0.4) is 0 Å². The summed E-state index contributed by atoms with van der Waals surface area (Å²) in [4.78, 5) is 26.9. The lowest BCUT2D eigenvalue weighted by molar-refractivity contribution is -0.119. The fraction of sp³-hybridized carbons (Fsp3) is 0.450. The maximum Gasteiger partial charge on any atom is 0.253 e. The van der Waals surface area contributed by atoms with Gasteiger partial charge in [-0.1, -0.05) is 0 Å². The molecule has 0 unspecified atom stereocenters. The maximum atomic E-state index is 12.8. The average molecular weight is 369 g/mol. The van der Waals surface area contributed by atoms with E-state index in [1.807, 2.05) is 33.3 Å². The van der Waals surface area contributed by atoms with Crippen molar-refractivity contribution in [3.05, 3.63) is 47.8 Å². The highest BCUT2D eigenvalue weighted by Crippen LogP contribution is 2.29. The number of anilines is 1. The molecule has 1 aliphatic rings. The third-order valence-electron chi connectivity index (χ3n) is 5.15. The van der Waals surface area contributed by atoms with Crippen molar-refractivity contribution in [2.75, 3.05) is 31.5 Å². The van der Waals surface area contributed by atoms with Crippen molar-refractivity contribution in [1.82, 2.24) is 20.0 Å². The summed E-state index contributed by atoms with van der Waals surface area (Å²) < 4.78 is 1.76. The first-order valence-electron chi connectivity index (χ1n) is 9.43. The van der Waals surface area contributed by atoms with Crippen LogP contribution in [0.1, 0.15) is 35.7 Å². The molecule has 144 valence electrons. The normalized spacial score (nSPS) is 19.1. The molecule has 0 saturated carbocycles. The van der Waals surface area contributed by atoms with Gasteiger partial charge < -0.3 is 15.5 Å². The Kier molecular flexibility index (Phi) is 5.91. The fourth-order valence-corrected chi connectivity index (χ4v) is 3.56. The van der Waals surface area contributed by atoms with Gasteiger partial charge in [-0.05, 0) is 43.7 Å². The van der Waals surface area contributed by atoms with Gasteiger partial charge in [-0.2, -0.15) is 5.10 Å². The van der Waals surface area contributed by atoms with Crippen LogP contribution >= 0.6 is 0 Å². The second-order valence-corrected chi connectivity index (χ2v) is 6.86. The number of carbonyl (C=O) groups excluding carboxylic acids is 2. The summed E-state index contributed by atoms with van der Waals surface area (Å²) in [6, 6.07) is 7.11. The van der Waals surface area contributed by atoms with Crippen molar-refractivity contribution in [3.8, 4) is 0 Å². The van der Waals surface area contributed by atoms with E-state index in [9.17, 15) is 9.59 Å². The van der Waals surface area contributed by atoms with Crippen LogP contribution in [-0.4, -0.2) is 52.7 Å². The lowest BCUT2D eigenvalue weighted by Gasteiger charge is -2.19. The van der Waals surface area contributed by atoms with Crippen molar-refractivity contribution in [1.29, 1.82) is 0 Å². The van der Waals surface area contributed by atoms with Gasteiger partial charge in [0.15, 0.2) is 0 Å². The Hall–Kier alpha value is -2.67. The number of nitrogens with zero attached hydrogens (tertiary/aromatic N) is 3. The van der Waals surface area contributed by atoms with Gasteiger partial charge >= 0.3 is 0 Å². The van der Waals surface area contributed by atoms with Gasteiger partial charge in [0.25, 0.3) is 5.91 Å². The number of aromatic nitrogens is 2. The zero-order chi connectivity index (χ0) is 19.4. The molecule has 1 fully saturated rings. The summed E-state index contributed by atoms with van der Waals surface area (Å²) in [5.41, 5.74) is 2.41. The molecule has 7 nitrogen and oxygen atoms in total. The van der Waals surface area contributed by atoms with E-state index < -0.39 is 0 Å². The van der Waals surface area contributed by atoms with E-state index in [0.29, 0.717) is 30.9 Å². The molecule has 1 saturated heterocycles. The molecule has 2 atom stereocenters. The minimum absolute atomic E-state index is 0.00881. The summed E-state index contributed by atoms with van der Waals surface area (Å²) in [7, 11) is 1.88. The topological polar surface area (TPSA) is 79.3 Å². The monoisotopic (exact) mass is 369 g/mol. The summed E-state index contributed by atoms with van der Waals surface area (Å²) >= 11 is 0. The lowest BCUT2D eigenvalue weighted by atomic mass is 9.90. The van der Waals surface area contributed by atoms with Crippen LogP contribution in [0.5, 0.6) is 0 Å². The number of hydrogen-bond acceptors (Lipinski definition) is 4. The van der Waals surface area contributed by atoms with Gasteiger partial charge in [-0.15, -0.1) is 0 Å². The van der Waals surface area contributed by atoms with Crippen LogP contribution in [0.15, 0.2) is 36.7 Å². The Bertz CT molecular complexity index is 795. The zero-order valence-electron chi connectivity index (χ0n) is 16.1. The minimum Gasteiger partial charge on any atom is -0.339 e. The van der Waals surface area contributed by atoms with E-state index in [2.05, 4.69) is 15.7 Å². The van der Waals surface area contributed by atoms with E-state index in [1.165, 1.54) is 0 Å². The van der Waals surface area contributed by atoms with Crippen LogP contribution in [0.25, 0.3) is 0 Å². The first-order valence-corrected chi connectivity index (χ1v) is 9.43. The van der Waals surface area contributed by atoms with Crippen LogP contribution in [0.2, 0.25) is 0 Å². The van der Waals surface area contributed by atoms with E-state index in [1.54, 1.807) is 33.8 Å². The smallest absolute Gasteiger partial charge is 0.253 e. The van der Waals surface area contributed by atoms with Gasteiger partial charge in [0.05, 0.1) is 12.1 Å². The van der Waals surface area contributed by atoms with Gasteiger partial charge in [-0.3, -0.25) is 14.3 Å². The molecule has 7 heteroatoms. The SMILES string of the molecule is CCN(CC)C(=O)c1ccc(NC(=O)[C@H]2CNC[C@@H]2c2cnn(C)c2)cc1. The van der Waals surface area contributed by atoms with Crippen LogP contribution in [0.4, 0.5) is 5.69 Å². The van der Waals surface area contributed by atoms with Crippen molar-refractivity contribution in [2.24, 2.45) is 13.0 Å². The molecule has 1 aromatic carbocycles. The molecule has 27 heavy (non-hydrogen) atoms. The summed E-state index contributed by atoms with van der Waals surface area (Å²) in [6.07, 6.45) is 3.79. The number of benzene rings is 1. The molecule has 1 aromatic heterocycles. The first kappa shape index (κ1) is 19.1. The molecule has 0 radical (unpaired) electrons. The van der Waals surface area contributed by atoms with Crippen LogP contribution in [0, 0.1) is 5.92 Å². The zero-order valence-corrected chi connectivity index (χ0v) is 16.1. The second-order valence-electron chi connectivity index (χ2n) is 6.86. The van der Waals surface area contributed by atoms with Crippen molar-refractivity contribution in [3.63, 3.8) is 0 Å². The quantitative estimate of drug-likeness (QED) is 0.814. The number of rotatable bonds is 6. The fourth-order valence-electron chi connectivity index (χ4n) is 3.56. The van der Waals surface area contributed by atoms with Crippen LogP contribution < -0.4 is 10.6 Å². The van der Waals surface area contributed by atoms with E-state index >= 15 is 0 Å². The van der Waals surface area contributed by atoms with Gasteiger partial charge in [-0.25, -0.2) is 0 Å². The maximum absolute atomic E-state index is 12.8. The predicted molar refractivity (Wildman–Crippen MR) is 105 cm³/mol. The molecule has 3 rings (SSSR count). The second kappa shape index (κ2) is 8.35. The molecule has 0 bridgehead atoms. The van der Waals surface area contributed by atoms with E-state index in [-0.39, 0.29) is 23.7 Å². The number of amides is 2. The lowest BCUT2D eigenvalue weighted by Crippen LogP contribution is -2.30. The molecule has 0 spiro atoms. The Morgan fingerprint density at radius 1 is 1.22 bits per heavy atom. The molecule has 1 aliphatic heterocycles. The van der Waals surface area contributed by atoms with E-state index in [0.717, 1.165) is 12.1 Å². The number of nitrogens with one attached hydrogen (secondary N) is 2. The van der Waals surface area contributed by atoms with Gasteiger partial charge in [0.2, 0.25) is 5.91 Å². The summed E-state index contributed by atoms with van der Waals surface area (Å²) in [6.45, 7) is 6.69. The van der Waals surface area contributed by atoms with Crippen molar-refractivity contribution >= 4 is 17.5 Å². The number of hydrogen-bond donors (Lipinski definition) is 2. The predicted octanol–water partition coefficient (Wildman–Crippen LogP) is 1.84. The molecule has 2 N–H and O–H groups in total. The summed E-state index contributed by atoms with van der Waals surface area (Å²) in [5.74, 6) is -0.0421. The molecule has 2 heterocycles. The Morgan fingerprint density at radius 2 is 1.93 bits per heavy atom. The molecule has 2 aromatic rings. The Labute approximate surface area is 159 Å². The molecular weight excluding hydrogens is 342 g/mol. The Morgan fingerprint density at radius 3 is 2.52 bits per heavy atom. The minimum atomic E-state index is -0.147. The highest BCUT2D eigenvalue weighted by atomic mass is 16.2. The van der Waals surface area contributed by atoms with Gasteiger partial charge in [0, 0.05) is 56.6 Å². The molecule has 0 aliphatic carbocycles. The molecule has 2 amide bonds. The van der Waals surface area contributed by atoms with Crippen molar-refractivity contribution in [2.45, 2.75) is 19.8 Å².